The summed E-state index contributed by atoms with van der Waals surface area (Å²) in [4.78, 5) is 15.1. The van der Waals surface area contributed by atoms with Gasteiger partial charge in [0.15, 0.2) is 0 Å². The van der Waals surface area contributed by atoms with Gasteiger partial charge in [0.1, 0.15) is 11.4 Å². The first-order valence-electron chi connectivity index (χ1n) is 4.51. The van der Waals surface area contributed by atoms with E-state index in [1.54, 1.807) is 32.9 Å². The number of pyridine rings is 1. The molecule has 1 aromatic rings. The summed E-state index contributed by atoms with van der Waals surface area (Å²) in [6.45, 7) is 5.07. The van der Waals surface area contributed by atoms with Crippen LogP contribution < -0.4 is 5.06 Å². The number of hydrogen-bond donors (Lipinski definition) is 0. The third kappa shape index (κ3) is 3.55. The summed E-state index contributed by atoms with van der Waals surface area (Å²) in [6, 6.07) is 4.72. The fourth-order valence-corrected chi connectivity index (χ4v) is 0.871. The minimum Gasteiger partial charge on any atom is -0.748 e. The van der Waals surface area contributed by atoms with E-state index in [2.05, 4.69) is 4.98 Å². The van der Waals surface area contributed by atoms with Gasteiger partial charge in [0.2, 0.25) is 0 Å². The van der Waals surface area contributed by atoms with Gasteiger partial charge in [0.05, 0.1) is 0 Å². The number of carbonyl (C=O) groups excluding carboxylic acids is 1. The molecule has 0 saturated heterocycles. The van der Waals surface area contributed by atoms with Gasteiger partial charge in [-0.1, -0.05) is 6.07 Å². The van der Waals surface area contributed by atoms with Crippen molar-refractivity contribution in [2.75, 3.05) is 5.06 Å². The SMILES string of the molecule is CC(C)(C)OC(=O)N([O-])c1ccccn1. The fourth-order valence-electron chi connectivity index (χ4n) is 0.871. The van der Waals surface area contributed by atoms with Crippen LogP contribution in [0.25, 0.3) is 0 Å². The Kier molecular flexibility index (Phi) is 3.26. The molecule has 0 saturated carbocycles. The van der Waals surface area contributed by atoms with E-state index in [0.29, 0.717) is 0 Å². The second-order valence-electron chi connectivity index (χ2n) is 3.96. The summed E-state index contributed by atoms with van der Waals surface area (Å²) in [5.41, 5.74) is -0.686. The Morgan fingerprint density at radius 3 is 2.60 bits per heavy atom. The fraction of sp³-hybridized carbons (Fsp3) is 0.400. The zero-order valence-corrected chi connectivity index (χ0v) is 8.93. The predicted molar refractivity (Wildman–Crippen MR) is 56.3 cm³/mol. The Balaban J connectivity index is 2.70. The normalized spacial score (nSPS) is 10.9. The van der Waals surface area contributed by atoms with Gasteiger partial charge in [-0.15, -0.1) is 0 Å². The van der Waals surface area contributed by atoms with E-state index in [9.17, 15) is 10.0 Å². The van der Waals surface area contributed by atoms with Crippen LogP contribution in [0.2, 0.25) is 0 Å². The van der Waals surface area contributed by atoms with Crippen molar-refractivity contribution in [3.05, 3.63) is 29.6 Å². The first-order valence-corrected chi connectivity index (χ1v) is 4.51. The Morgan fingerprint density at radius 2 is 2.13 bits per heavy atom. The smallest absolute Gasteiger partial charge is 0.405 e. The lowest BCUT2D eigenvalue weighted by Crippen LogP contribution is -2.33. The molecule has 5 nitrogen and oxygen atoms in total. The standard InChI is InChI=1S/C10H13N2O3/c1-10(2,3)15-9(13)12(14)8-6-4-5-7-11-8/h4-7H,1-3H3/q-1. The van der Waals surface area contributed by atoms with E-state index in [1.807, 2.05) is 0 Å². The molecule has 0 aromatic carbocycles. The molecule has 0 aliphatic heterocycles. The molecule has 0 atom stereocenters. The van der Waals surface area contributed by atoms with Crippen molar-refractivity contribution in [2.45, 2.75) is 26.4 Å². The molecule has 1 rings (SSSR count). The number of hydrogen-bond acceptors (Lipinski definition) is 4. The van der Waals surface area contributed by atoms with E-state index in [1.165, 1.54) is 12.3 Å². The molecule has 0 unspecified atom stereocenters. The predicted octanol–water partition coefficient (Wildman–Crippen LogP) is 2.32. The van der Waals surface area contributed by atoms with Gasteiger partial charge in [-0.3, -0.25) is 0 Å². The van der Waals surface area contributed by atoms with Crippen LogP contribution in [-0.2, 0) is 4.74 Å². The molecule has 1 amide bonds. The van der Waals surface area contributed by atoms with Gasteiger partial charge in [0.25, 0.3) is 0 Å². The van der Waals surface area contributed by atoms with E-state index in [-0.39, 0.29) is 10.9 Å². The van der Waals surface area contributed by atoms with E-state index >= 15 is 0 Å². The van der Waals surface area contributed by atoms with Crippen molar-refractivity contribution < 1.29 is 9.53 Å². The molecular weight excluding hydrogens is 196 g/mol. The maximum Gasteiger partial charge on any atom is 0.405 e. The lowest BCUT2D eigenvalue weighted by atomic mass is 10.2. The van der Waals surface area contributed by atoms with Crippen LogP contribution >= 0.6 is 0 Å². The molecule has 15 heavy (non-hydrogen) atoms. The van der Waals surface area contributed by atoms with E-state index in [0.717, 1.165) is 0 Å². The minimum absolute atomic E-state index is 0.0201. The Morgan fingerprint density at radius 1 is 1.47 bits per heavy atom. The highest BCUT2D eigenvalue weighted by Gasteiger charge is 2.18. The number of amides is 1. The quantitative estimate of drug-likeness (QED) is 0.666. The molecule has 0 aliphatic carbocycles. The monoisotopic (exact) mass is 209 g/mol. The zero-order valence-electron chi connectivity index (χ0n) is 8.93. The van der Waals surface area contributed by atoms with Crippen LogP contribution in [0.15, 0.2) is 24.4 Å². The van der Waals surface area contributed by atoms with Crippen LogP contribution in [0.1, 0.15) is 20.8 Å². The van der Waals surface area contributed by atoms with Crippen LogP contribution in [-0.4, -0.2) is 16.7 Å². The van der Waals surface area contributed by atoms with Gasteiger partial charge in [-0.05, 0) is 32.9 Å². The molecule has 0 bridgehead atoms. The van der Waals surface area contributed by atoms with Crippen LogP contribution in [0.5, 0.6) is 0 Å². The second kappa shape index (κ2) is 4.27. The average molecular weight is 209 g/mol. The third-order valence-electron chi connectivity index (χ3n) is 1.42. The maximum atomic E-state index is 11.4. The zero-order chi connectivity index (χ0) is 11.5. The second-order valence-corrected chi connectivity index (χ2v) is 3.96. The topological polar surface area (TPSA) is 65.5 Å². The van der Waals surface area contributed by atoms with Gasteiger partial charge in [-0.25, -0.2) is 9.78 Å². The third-order valence-corrected chi connectivity index (χ3v) is 1.42. The highest BCUT2D eigenvalue weighted by Crippen LogP contribution is 2.14. The van der Waals surface area contributed by atoms with Crippen molar-refractivity contribution in [2.24, 2.45) is 0 Å². The van der Waals surface area contributed by atoms with Gasteiger partial charge in [0, 0.05) is 6.20 Å². The molecule has 0 spiro atoms. The number of ether oxygens (including phenoxy) is 1. The van der Waals surface area contributed by atoms with Gasteiger partial charge >= 0.3 is 6.09 Å². The number of anilines is 1. The van der Waals surface area contributed by atoms with Gasteiger partial charge in [-0.2, -0.15) is 0 Å². The molecule has 1 aromatic heterocycles. The summed E-state index contributed by atoms with van der Waals surface area (Å²) in [5.74, 6) is 0.0201. The van der Waals surface area contributed by atoms with E-state index < -0.39 is 11.7 Å². The number of carbonyl (C=O) groups is 1. The van der Waals surface area contributed by atoms with Crippen LogP contribution in [0.4, 0.5) is 10.6 Å². The number of rotatable bonds is 1. The summed E-state index contributed by atoms with van der Waals surface area (Å²) >= 11 is 0. The molecule has 1 heterocycles. The lowest BCUT2D eigenvalue weighted by Gasteiger charge is -2.30. The lowest BCUT2D eigenvalue weighted by molar-refractivity contribution is 0.0595. The molecular formula is C10H13N2O3-. The molecule has 0 fully saturated rings. The molecule has 5 heteroatoms. The number of hydroxylamine groups is 1. The summed E-state index contributed by atoms with van der Waals surface area (Å²) in [6.07, 6.45) is 0.478. The maximum absolute atomic E-state index is 11.4. The summed E-state index contributed by atoms with van der Waals surface area (Å²) in [5, 5.41) is 11.5. The Bertz CT molecular complexity index is 332. The summed E-state index contributed by atoms with van der Waals surface area (Å²) in [7, 11) is 0. The largest absolute Gasteiger partial charge is 0.748 e. The molecule has 82 valence electrons. The number of aromatic nitrogens is 1. The minimum atomic E-state index is -0.957. The molecule has 0 aliphatic rings. The van der Waals surface area contributed by atoms with Crippen molar-refractivity contribution in [3.63, 3.8) is 0 Å². The highest BCUT2D eigenvalue weighted by atomic mass is 16.6. The Labute approximate surface area is 88.3 Å². The van der Waals surface area contributed by atoms with Crippen molar-refractivity contribution in [1.82, 2.24) is 4.98 Å². The highest BCUT2D eigenvalue weighted by molar-refractivity contribution is 5.87. The van der Waals surface area contributed by atoms with Crippen molar-refractivity contribution in [3.8, 4) is 0 Å². The number of nitrogens with zero attached hydrogens (tertiary/aromatic N) is 2. The summed E-state index contributed by atoms with van der Waals surface area (Å²) < 4.78 is 4.89. The first-order chi connectivity index (χ1) is 6.90. The van der Waals surface area contributed by atoms with Gasteiger partial charge < -0.3 is 15.0 Å². The van der Waals surface area contributed by atoms with Crippen molar-refractivity contribution >= 4 is 11.9 Å². The van der Waals surface area contributed by atoms with Crippen LogP contribution in [0, 0.1) is 5.21 Å². The average Bonchev–Trinajstić information content (AvgIpc) is 2.15. The first kappa shape index (κ1) is 11.5. The molecule has 0 radical (unpaired) electrons. The molecule has 0 N–H and O–H groups in total. The van der Waals surface area contributed by atoms with Crippen LogP contribution in [0.3, 0.4) is 0 Å². The van der Waals surface area contributed by atoms with E-state index in [4.69, 9.17) is 4.74 Å². The Hall–Kier alpha value is -1.62. The van der Waals surface area contributed by atoms with Crippen molar-refractivity contribution in [1.29, 1.82) is 0 Å².